The Hall–Kier alpha value is -2.18. The Labute approximate surface area is 148 Å². The predicted molar refractivity (Wildman–Crippen MR) is 95.2 cm³/mol. The molecule has 1 aromatic heterocycles. The van der Waals surface area contributed by atoms with Gasteiger partial charge >= 0.3 is 0 Å². The predicted octanol–water partition coefficient (Wildman–Crippen LogP) is 2.99. The lowest BCUT2D eigenvalue weighted by Gasteiger charge is -2.31. The normalized spacial score (nSPS) is 16.0. The number of carbonyl (C=O) groups excluding carboxylic acids is 1. The summed E-state index contributed by atoms with van der Waals surface area (Å²) in [5.41, 5.74) is 1.21. The first-order chi connectivity index (χ1) is 12.2. The third-order valence-electron chi connectivity index (χ3n) is 4.41. The van der Waals surface area contributed by atoms with E-state index < -0.39 is 0 Å². The number of carbonyl (C=O) groups is 1. The van der Waals surface area contributed by atoms with Crippen LogP contribution >= 0.6 is 0 Å². The van der Waals surface area contributed by atoms with Crippen molar-refractivity contribution in [1.82, 2.24) is 10.1 Å². The number of likely N-dealkylation sites (tertiary alicyclic amines) is 1. The molecule has 0 saturated carbocycles. The van der Waals surface area contributed by atoms with Crippen molar-refractivity contribution in [2.75, 3.05) is 25.0 Å². The van der Waals surface area contributed by atoms with Crippen molar-refractivity contribution in [2.24, 2.45) is 0 Å². The molecule has 1 N–H and O–H groups in total. The van der Waals surface area contributed by atoms with E-state index in [1.807, 2.05) is 18.2 Å². The van der Waals surface area contributed by atoms with Gasteiger partial charge in [0, 0.05) is 32.1 Å². The molecule has 6 heteroatoms. The van der Waals surface area contributed by atoms with Crippen LogP contribution < -0.4 is 5.32 Å². The summed E-state index contributed by atoms with van der Waals surface area (Å²) in [5, 5.41) is 6.52. The Morgan fingerprint density at radius 3 is 2.76 bits per heavy atom. The molecule has 134 valence electrons. The summed E-state index contributed by atoms with van der Waals surface area (Å²) in [6.45, 7) is 5.16. The second-order valence-corrected chi connectivity index (χ2v) is 6.46. The Bertz CT molecular complexity index is 664. The SMILES string of the molecule is Cc1cc(NC(=O)CCN2CCC(OCc3ccccc3)CC2)no1. The molecule has 0 spiro atoms. The summed E-state index contributed by atoms with van der Waals surface area (Å²) >= 11 is 0. The molecule has 0 unspecified atom stereocenters. The van der Waals surface area contributed by atoms with Gasteiger partial charge in [0.1, 0.15) is 5.76 Å². The molecule has 0 aliphatic carbocycles. The maximum absolute atomic E-state index is 11.9. The third kappa shape index (κ3) is 5.69. The number of amides is 1. The minimum atomic E-state index is -0.0317. The first kappa shape index (κ1) is 17.6. The molecule has 3 rings (SSSR count). The van der Waals surface area contributed by atoms with Gasteiger partial charge in [-0.15, -0.1) is 0 Å². The summed E-state index contributed by atoms with van der Waals surface area (Å²) in [4.78, 5) is 14.3. The average Bonchev–Trinajstić information content (AvgIpc) is 3.04. The van der Waals surface area contributed by atoms with Gasteiger partial charge in [-0.25, -0.2) is 0 Å². The van der Waals surface area contributed by atoms with Crippen molar-refractivity contribution in [1.29, 1.82) is 0 Å². The van der Waals surface area contributed by atoms with Gasteiger partial charge < -0.3 is 19.5 Å². The number of aromatic nitrogens is 1. The zero-order chi connectivity index (χ0) is 17.5. The number of ether oxygens (including phenoxy) is 1. The van der Waals surface area contributed by atoms with Crippen molar-refractivity contribution in [3.63, 3.8) is 0 Å². The lowest BCUT2D eigenvalue weighted by atomic mass is 10.1. The molecule has 1 aliphatic rings. The fourth-order valence-electron chi connectivity index (χ4n) is 2.98. The largest absolute Gasteiger partial charge is 0.373 e. The van der Waals surface area contributed by atoms with Crippen LogP contribution in [0.5, 0.6) is 0 Å². The first-order valence-corrected chi connectivity index (χ1v) is 8.80. The molecule has 25 heavy (non-hydrogen) atoms. The van der Waals surface area contributed by atoms with E-state index in [2.05, 4.69) is 27.5 Å². The van der Waals surface area contributed by atoms with Gasteiger partial charge in [-0.05, 0) is 25.3 Å². The maximum Gasteiger partial charge on any atom is 0.226 e. The molecular weight excluding hydrogens is 318 g/mol. The number of hydrogen-bond donors (Lipinski definition) is 1. The van der Waals surface area contributed by atoms with Gasteiger partial charge in [0.2, 0.25) is 5.91 Å². The number of anilines is 1. The monoisotopic (exact) mass is 343 g/mol. The van der Waals surface area contributed by atoms with Crippen LogP contribution in [0.3, 0.4) is 0 Å². The van der Waals surface area contributed by atoms with E-state index in [9.17, 15) is 4.79 Å². The summed E-state index contributed by atoms with van der Waals surface area (Å²) in [7, 11) is 0. The second-order valence-electron chi connectivity index (χ2n) is 6.46. The molecule has 6 nitrogen and oxygen atoms in total. The van der Waals surface area contributed by atoms with Crippen molar-refractivity contribution in [3.8, 4) is 0 Å². The zero-order valence-corrected chi connectivity index (χ0v) is 14.6. The van der Waals surface area contributed by atoms with Crippen molar-refractivity contribution < 1.29 is 14.1 Å². The van der Waals surface area contributed by atoms with Crippen LogP contribution in [0, 0.1) is 6.92 Å². The van der Waals surface area contributed by atoms with E-state index in [1.165, 1.54) is 5.56 Å². The highest BCUT2D eigenvalue weighted by atomic mass is 16.5. The molecule has 1 aromatic carbocycles. The number of nitrogens with one attached hydrogen (secondary N) is 1. The van der Waals surface area contributed by atoms with Crippen LogP contribution in [0.1, 0.15) is 30.6 Å². The lowest BCUT2D eigenvalue weighted by molar-refractivity contribution is -0.116. The molecule has 2 aromatic rings. The summed E-state index contributed by atoms with van der Waals surface area (Å²) < 4.78 is 10.9. The van der Waals surface area contributed by atoms with Crippen LogP contribution in [-0.2, 0) is 16.1 Å². The molecule has 1 fully saturated rings. The molecule has 0 radical (unpaired) electrons. The van der Waals surface area contributed by atoms with E-state index in [4.69, 9.17) is 9.26 Å². The van der Waals surface area contributed by atoms with Crippen molar-refractivity contribution in [3.05, 3.63) is 47.7 Å². The molecule has 2 heterocycles. The fraction of sp³-hybridized carbons (Fsp3) is 0.474. The number of rotatable bonds is 7. The molecule has 0 bridgehead atoms. The third-order valence-corrected chi connectivity index (χ3v) is 4.41. The van der Waals surface area contributed by atoms with E-state index >= 15 is 0 Å². The average molecular weight is 343 g/mol. The summed E-state index contributed by atoms with van der Waals surface area (Å²) in [6.07, 6.45) is 2.79. The highest BCUT2D eigenvalue weighted by Gasteiger charge is 2.20. The second kappa shape index (κ2) is 8.78. The van der Waals surface area contributed by atoms with Crippen molar-refractivity contribution >= 4 is 11.7 Å². The van der Waals surface area contributed by atoms with Gasteiger partial charge in [0.05, 0.1) is 12.7 Å². The number of piperidine rings is 1. The van der Waals surface area contributed by atoms with Crippen LogP contribution in [0.4, 0.5) is 5.82 Å². The van der Waals surface area contributed by atoms with Crippen LogP contribution in [0.15, 0.2) is 40.9 Å². The molecule has 0 atom stereocenters. The Morgan fingerprint density at radius 2 is 2.08 bits per heavy atom. The topological polar surface area (TPSA) is 67.6 Å². The summed E-state index contributed by atoms with van der Waals surface area (Å²) in [6, 6.07) is 12.0. The number of nitrogens with zero attached hydrogens (tertiary/aromatic N) is 2. The number of aryl methyl sites for hydroxylation is 1. The van der Waals surface area contributed by atoms with Crippen LogP contribution in [0.25, 0.3) is 0 Å². The Morgan fingerprint density at radius 1 is 1.32 bits per heavy atom. The summed E-state index contributed by atoms with van der Waals surface area (Å²) in [5.74, 6) is 1.14. The fourth-order valence-corrected chi connectivity index (χ4v) is 2.98. The van der Waals surface area contributed by atoms with E-state index in [0.29, 0.717) is 30.7 Å². The standard InChI is InChI=1S/C19H25N3O3/c1-15-13-18(21-25-15)20-19(23)9-12-22-10-7-17(8-11-22)24-14-16-5-3-2-4-6-16/h2-6,13,17H,7-12,14H2,1H3,(H,20,21,23). The van der Waals surface area contributed by atoms with Gasteiger partial charge in [-0.2, -0.15) is 0 Å². The van der Waals surface area contributed by atoms with Crippen LogP contribution in [0.2, 0.25) is 0 Å². The maximum atomic E-state index is 11.9. The highest BCUT2D eigenvalue weighted by Crippen LogP contribution is 2.16. The van der Waals surface area contributed by atoms with Gasteiger partial charge in [-0.1, -0.05) is 35.5 Å². The van der Waals surface area contributed by atoms with Gasteiger partial charge in [0.15, 0.2) is 5.82 Å². The minimum absolute atomic E-state index is 0.0317. The molecule has 1 amide bonds. The quantitative estimate of drug-likeness (QED) is 0.837. The number of hydrogen-bond acceptors (Lipinski definition) is 5. The molecular formula is C19H25N3O3. The van der Waals surface area contributed by atoms with E-state index in [0.717, 1.165) is 32.5 Å². The van der Waals surface area contributed by atoms with E-state index in [-0.39, 0.29) is 5.91 Å². The minimum Gasteiger partial charge on any atom is -0.373 e. The highest BCUT2D eigenvalue weighted by molar-refractivity contribution is 5.89. The van der Waals surface area contributed by atoms with Crippen LogP contribution in [-0.4, -0.2) is 41.7 Å². The first-order valence-electron chi connectivity index (χ1n) is 8.80. The van der Waals surface area contributed by atoms with Gasteiger partial charge in [-0.3, -0.25) is 4.79 Å². The van der Waals surface area contributed by atoms with E-state index in [1.54, 1.807) is 13.0 Å². The molecule has 1 saturated heterocycles. The zero-order valence-electron chi connectivity index (χ0n) is 14.6. The Balaban J connectivity index is 1.31. The molecule has 1 aliphatic heterocycles. The van der Waals surface area contributed by atoms with Crippen molar-refractivity contribution in [2.45, 2.75) is 38.9 Å². The Kier molecular flexibility index (Phi) is 6.19. The number of benzene rings is 1. The van der Waals surface area contributed by atoms with Gasteiger partial charge in [0.25, 0.3) is 0 Å². The lowest BCUT2D eigenvalue weighted by Crippen LogP contribution is -2.38. The smallest absolute Gasteiger partial charge is 0.226 e.